The molecule has 2 atom stereocenters. The standard InChI is InChI=1S/C16H24N2O/c1-13-5-4-8-16(13,12-17)18-9-10-19-15-7-3-2-6-14(15)11-18/h2-3,6-7,13H,4-5,8-12,17H2,1H3. The van der Waals surface area contributed by atoms with Gasteiger partial charge in [0.15, 0.2) is 0 Å². The van der Waals surface area contributed by atoms with Crippen LogP contribution in [0.3, 0.4) is 0 Å². The fraction of sp³-hybridized carbons (Fsp3) is 0.625. The summed E-state index contributed by atoms with van der Waals surface area (Å²) in [5, 5.41) is 0. The highest BCUT2D eigenvalue weighted by Crippen LogP contribution is 2.41. The SMILES string of the molecule is CC1CCCC1(CN)N1CCOc2ccccc2C1. The number of ether oxygens (including phenoxy) is 1. The minimum Gasteiger partial charge on any atom is -0.492 e. The minimum absolute atomic E-state index is 0.181. The van der Waals surface area contributed by atoms with Gasteiger partial charge in [-0.15, -0.1) is 0 Å². The first-order chi connectivity index (χ1) is 9.26. The van der Waals surface area contributed by atoms with Crippen molar-refractivity contribution < 1.29 is 4.74 Å². The van der Waals surface area contributed by atoms with Crippen LogP contribution in [0, 0.1) is 5.92 Å². The van der Waals surface area contributed by atoms with E-state index in [-0.39, 0.29) is 5.54 Å². The first-order valence-electron chi connectivity index (χ1n) is 7.42. The van der Waals surface area contributed by atoms with Crippen molar-refractivity contribution in [2.24, 2.45) is 11.7 Å². The molecule has 1 fully saturated rings. The van der Waals surface area contributed by atoms with Gasteiger partial charge in [-0.25, -0.2) is 0 Å². The Morgan fingerprint density at radius 3 is 3.00 bits per heavy atom. The molecule has 2 N–H and O–H groups in total. The van der Waals surface area contributed by atoms with E-state index < -0.39 is 0 Å². The van der Waals surface area contributed by atoms with Crippen molar-refractivity contribution in [2.45, 2.75) is 38.3 Å². The highest BCUT2D eigenvalue weighted by Gasteiger charge is 2.44. The van der Waals surface area contributed by atoms with E-state index in [9.17, 15) is 0 Å². The number of rotatable bonds is 2. The average molecular weight is 260 g/mol. The van der Waals surface area contributed by atoms with Crippen LogP contribution in [0.1, 0.15) is 31.7 Å². The van der Waals surface area contributed by atoms with Crippen LogP contribution in [0.4, 0.5) is 0 Å². The molecule has 1 saturated carbocycles. The second-order valence-corrected chi connectivity index (χ2v) is 5.98. The molecule has 0 bridgehead atoms. The molecule has 104 valence electrons. The second-order valence-electron chi connectivity index (χ2n) is 5.98. The van der Waals surface area contributed by atoms with Crippen molar-refractivity contribution in [1.29, 1.82) is 0 Å². The Morgan fingerprint density at radius 1 is 1.42 bits per heavy atom. The van der Waals surface area contributed by atoms with Crippen LogP contribution in [0.2, 0.25) is 0 Å². The van der Waals surface area contributed by atoms with Crippen LogP contribution in [-0.2, 0) is 6.54 Å². The van der Waals surface area contributed by atoms with E-state index in [1.165, 1.54) is 24.8 Å². The lowest BCUT2D eigenvalue weighted by Crippen LogP contribution is -2.55. The summed E-state index contributed by atoms with van der Waals surface area (Å²) in [5.41, 5.74) is 7.66. The van der Waals surface area contributed by atoms with Gasteiger partial charge in [0.2, 0.25) is 0 Å². The van der Waals surface area contributed by atoms with Crippen LogP contribution >= 0.6 is 0 Å². The molecule has 0 aromatic heterocycles. The molecule has 2 unspecified atom stereocenters. The van der Waals surface area contributed by atoms with E-state index in [1.807, 2.05) is 6.07 Å². The Morgan fingerprint density at radius 2 is 2.26 bits per heavy atom. The Balaban J connectivity index is 1.89. The van der Waals surface area contributed by atoms with Gasteiger partial charge in [-0.2, -0.15) is 0 Å². The molecule has 19 heavy (non-hydrogen) atoms. The Kier molecular flexibility index (Phi) is 3.50. The summed E-state index contributed by atoms with van der Waals surface area (Å²) >= 11 is 0. The second kappa shape index (κ2) is 5.14. The number of hydrogen-bond donors (Lipinski definition) is 1. The van der Waals surface area contributed by atoms with E-state index >= 15 is 0 Å². The Hall–Kier alpha value is -1.06. The first-order valence-corrected chi connectivity index (χ1v) is 7.42. The molecule has 0 spiro atoms. The lowest BCUT2D eigenvalue weighted by atomic mass is 9.86. The van der Waals surface area contributed by atoms with Gasteiger partial charge in [-0.05, 0) is 24.8 Å². The molecule has 3 nitrogen and oxygen atoms in total. The molecule has 1 aliphatic heterocycles. The highest BCUT2D eigenvalue weighted by atomic mass is 16.5. The molecule has 0 saturated heterocycles. The first kappa shape index (κ1) is 12.9. The maximum absolute atomic E-state index is 6.18. The smallest absolute Gasteiger partial charge is 0.123 e. The van der Waals surface area contributed by atoms with Crippen LogP contribution < -0.4 is 10.5 Å². The van der Waals surface area contributed by atoms with Gasteiger partial charge in [0, 0.05) is 30.7 Å². The zero-order valence-corrected chi connectivity index (χ0v) is 11.8. The summed E-state index contributed by atoms with van der Waals surface area (Å²) in [6.07, 6.45) is 3.83. The lowest BCUT2D eigenvalue weighted by Gasteiger charge is -2.43. The number of fused-ring (bicyclic) bond motifs is 1. The lowest BCUT2D eigenvalue weighted by molar-refractivity contribution is 0.0511. The molecule has 3 rings (SSSR count). The number of para-hydroxylation sites is 1. The molecule has 1 heterocycles. The molecular weight excluding hydrogens is 236 g/mol. The fourth-order valence-corrected chi connectivity index (χ4v) is 3.84. The average Bonchev–Trinajstić information content (AvgIpc) is 2.69. The number of benzene rings is 1. The topological polar surface area (TPSA) is 38.5 Å². The van der Waals surface area contributed by atoms with Crippen molar-refractivity contribution >= 4 is 0 Å². The zero-order chi connectivity index (χ0) is 13.3. The maximum Gasteiger partial charge on any atom is 0.123 e. The number of hydrogen-bond acceptors (Lipinski definition) is 3. The molecule has 1 aromatic rings. The third-order valence-electron chi connectivity index (χ3n) is 5.10. The van der Waals surface area contributed by atoms with Crippen molar-refractivity contribution in [2.75, 3.05) is 19.7 Å². The molecule has 2 aliphatic rings. The normalized spacial score (nSPS) is 31.6. The van der Waals surface area contributed by atoms with Crippen LogP contribution in [0.15, 0.2) is 24.3 Å². The van der Waals surface area contributed by atoms with Gasteiger partial charge in [0.05, 0.1) is 0 Å². The van der Waals surface area contributed by atoms with Crippen LogP contribution in [-0.4, -0.2) is 30.1 Å². The summed E-state index contributed by atoms with van der Waals surface area (Å²) in [6.45, 7) is 5.84. The number of nitrogens with two attached hydrogens (primary N) is 1. The highest BCUT2D eigenvalue weighted by molar-refractivity contribution is 5.34. The predicted octanol–water partition coefficient (Wildman–Crippen LogP) is 2.40. The molecule has 0 radical (unpaired) electrons. The van der Waals surface area contributed by atoms with E-state index in [0.29, 0.717) is 5.92 Å². The molecule has 1 aromatic carbocycles. The Bertz CT molecular complexity index is 448. The van der Waals surface area contributed by atoms with Gasteiger partial charge in [0.1, 0.15) is 12.4 Å². The van der Waals surface area contributed by atoms with Crippen molar-refractivity contribution in [3.8, 4) is 5.75 Å². The molecular formula is C16H24N2O. The Labute approximate surface area is 115 Å². The predicted molar refractivity (Wildman–Crippen MR) is 77.1 cm³/mol. The van der Waals surface area contributed by atoms with Crippen molar-refractivity contribution in [3.05, 3.63) is 29.8 Å². The van der Waals surface area contributed by atoms with Crippen LogP contribution in [0.5, 0.6) is 5.75 Å². The summed E-state index contributed by atoms with van der Waals surface area (Å²) in [4.78, 5) is 2.58. The van der Waals surface area contributed by atoms with Gasteiger partial charge < -0.3 is 10.5 Å². The summed E-state index contributed by atoms with van der Waals surface area (Å²) in [7, 11) is 0. The maximum atomic E-state index is 6.18. The van der Waals surface area contributed by atoms with Gasteiger partial charge in [-0.3, -0.25) is 4.90 Å². The minimum atomic E-state index is 0.181. The molecule has 0 amide bonds. The van der Waals surface area contributed by atoms with E-state index in [2.05, 4.69) is 30.0 Å². The summed E-state index contributed by atoms with van der Waals surface area (Å²) in [6, 6.07) is 8.40. The van der Waals surface area contributed by atoms with Gasteiger partial charge in [-0.1, -0.05) is 31.5 Å². The summed E-state index contributed by atoms with van der Waals surface area (Å²) < 4.78 is 5.88. The zero-order valence-electron chi connectivity index (χ0n) is 11.8. The third-order valence-corrected chi connectivity index (χ3v) is 5.10. The van der Waals surface area contributed by atoms with E-state index in [1.54, 1.807) is 0 Å². The van der Waals surface area contributed by atoms with Crippen LogP contribution in [0.25, 0.3) is 0 Å². The monoisotopic (exact) mass is 260 g/mol. The summed E-state index contributed by atoms with van der Waals surface area (Å²) in [5.74, 6) is 1.73. The quantitative estimate of drug-likeness (QED) is 0.887. The largest absolute Gasteiger partial charge is 0.492 e. The molecule has 3 heteroatoms. The van der Waals surface area contributed by atoms with Gasteiger partial charge >= 0.3 is 0 Å². The van der Waals surface area contributed by atoms with Crippen molar-refractivity contribution in [3.63, 3.8) is 0 Å². The number of nitrogens with zero attached hydrogens (tertiary/aromatic N) is 1. The molecule has 1 aliphatic carbocycles. The van der Waals surface area contributed by atoms with Gasteiger partial charge in [0.25, 0.3) is 0 Å². The van der Waals surface area contributed by atoms with E-state index in [0.717, 1.165) is 32.0 Å². The van der Waals surface area contributed by atoms with E-state index in [4.69, 9.17) is 10.5 Å². The fourth-order valence-electron chi connectivity index (χ4n) is 3.84. The third kappa shape index (κ3) is 2.15. The van der Waals surface area contributed by atoms with Crippen molar-refractivity contribution in [1.82, 2.24) is 4.90 Å².